The molecule has 2 rings (SSSR count). The summed E-state index contributed by atoms with van der Waals surface area (Å²) in [4.78, 5) is 0. The van der Waals surface area contributed by atoms with Crippen LogP contribution >= 0.6 is 11.3 Å². The van der Waals surface area contributed by atoms with E-state index in [4.69, 9.17) is 10.9 Å². The maximum absolute atomic E-state index is 12.0. The number of hydrogen-bond acceptors (Lipinski definition) is 5. The lowest BCUT2D eigenvalue weighted by Crippen LogP contribution is -2.15. The summed E-state index contributed by atoms with van der Waals surface area (Å²) >= 11 is 1.13. The summed E-state index contributed by atoms with van der Waals surface area (Å²) in [6.45, 7) is 0. The maximum atomic E-state index is 12.0. The average Bonchev–Trinajstić information content (AvgIpc) is 2.92. The van der Waals surface area contributed by atoms with Gasteiger partial charge in [0.1, 0.15) is 4.21 Å². The Hall–Kier alpha value is -2.06. The minimum atomic E-state index is -3.59. The summed E-state index contributed by atoms with van der Waals surface area (Å²) in [5, 5.41) is 13.1. The molecule has 0 bridgehead atoms. The van der Waals surface area contributed by atoms with E-state index in [1.807, 2.05) is 0 Å². The van der Waals surface area contributed by atoms with E-state index in [1.54, 1.807) is 29.6 Å². The number of nitrogens with zero attached hydrogens (tertiary/aromatic N) is 1. The van der Waals surface area contributed by atoms with Gasteiger partial charge < -0.3 is 10.9 Å². The van der Waals surface area contributed by atoms with E-state index in [9.17, 15) is 8.42 Å². The quantitative estimate of drug-likeness (QED) is 0.345. The van der Waals surface area contributed by atoms with E-state index in [0.29, 0.717) is 11.3 Å². The predicted molar refractivity (Wildman–Crippen MR) is 74.1 cm³/mol. The summed E-state index contributed by atoms with van der Waals surface area (Å²) in [5.74, 6) is -0.0860. The molecule has 1 heterocycles. The molecular weight excluding hydrogens is 286 g/mol. The largest absolute Gasteiger partial charge is 0.409 e. The number of rotatable bonds is 4. The van der Waals surface area contributed by atoms with Gasteiger partial charge in [-0.2, -0.15) is 0 Å². The topological polar surface area (TPSA) is 105 Å². The molecule has 0 radical (unpaired) electrons. The van der Waals surface area contributed by atoms with Crippen molar-refractivity contribution in [2.45, 2.75) is 4.21 Å². The molecule has 1 aromatic carbocycles. The van der Waals surface area contributed by atoms with Gasteiger partial charge in [0.2, 0.25) is 0 Å². The standard InChI is InChI=1S/C11H11N3O3S2/c12-11(13-15)8-3-1-4-9(7-8)14-19(16,17)10-5-2-6-18-10/h1-7,14-15H,(H2,12,13). The zero-order valence-corrected chi connectivity index (χ0v) is 11.3. The number of oxime groups is 1. The molecule has 6 nitrogen and oxygen atoms in total. The Morgan fingerprint density at radius 2 is 2.11 bits per heavy atom. The lowest BCUT2D eigenvalue weighted by Gasteiger charge is -2.07. The van der Waals surface area contributed by atoms with Crippen LogP contribution in [-0.2, 0) is 10.0 Å². The van der Waals surface area contributed by atoms with Crippen LogP contribution < -0.4 is 10.5 Å². The predicted octanol–water partition coefficient (Wildman–Crippen LogP) is 1.64. The Balaban J connectivity index is 2.30. The maximum Gasteiger partial charge on any atom is 0.271 e. The lowest BCUT2D eigenvalue weighted by molar-refractivity contribution is 0.318. The van der Waals surface area contributed by atoms with Crippen molar-refractivity contribution in [3.05, 3.63) is 47.3 Å². The highest BCUT2D eigenvalue weighted by Crippen LogP contribution is 2.20. The molecule has 0 amide bonds. The summed E-state index contributed by atoms with van der Waals surface area (Å²) < 4.78 is 26.7. The van der Waals surface area contributed by atoms with Crippen molar-refractivity contribution in [3.63, 3.8) is 0 Å². The Labute approximate surface area is 114 Å². The second kappa shape index (κ2) is 5.29. The number of sulfonamides is 1. The molecule has 0 atom stereocenters. The third-order valence-corrected chi connectivity index (χ3v) is 5.06. The molecule has 0 aliphatic carbocycles. The molecule has 0 saturated carbocycles. The van der Waals surface area contributed by atoms with Crippen molar-refractivity contribution in [2.75, 3.05) is 4.72 Å². The van der Waals surface area contributed by atoms with Crippen molar-refractivity contribution >= 4 is 32.9 Å². The van der Waals surface area contributed by atoms with Gasteiger partial charge in [0.05, 0.1) is 0 Å². The molecule has 0 aliphatic heterocycles. The highest BCUT2D eigenvalue weighted by Gasteiger charge is 2.15. The van der Waals surface area contributed by atoms with Gasteiger partial charge in [0.15, 0.2) is 5.84 Å². The third-order valence-electron chi connectivity index (χ3n) is 2.28. The molecular formula is C11H11N3O3S2. The number of nitrogens with one attached hydrogen (secondary N) is 1. The summed E-state index contributed by atoms with van der Waals surface area (Å²) in [7, 11) is -3.59. The van der Waals surface area contributed by atoms with Crippen LogP contribution in [-0.4, -0.2) is 19.5 Å². The number of amidine groups is 1. The highest BCUT2D eigenvalue weighted by atomic mass is 32.2. The first-order chi connectivity index (χ1) is 9.03. The van der Waals surface area contributed by atoms with Gasteiger partial charge in [0.25, 0.3) is 10.0 Å². The van der Waals surface area contributed by atoms with Gasteiger partial charge in [-0.1, -0.05) is 23.4 Å². The zero-order valence-electron chi connectivity index (χ0n) is 9.65. The molecule has 0 saturated heterocycles. The number of benzene rings is 1. The van der Waals surface area contributed by atoms with Crippen LogP contribution in [0.5, 0.6) is 0 Å². The van der Waals surface area contributed by atoms with Crippen LogP contribution in [0.15, 0.2) is 51.1 Å². The number of anilines is 1. The number of hydrogen-bond donors (Lipinski definition) is 3. The van der Waals surface area contributed by atoms with Crippen molar-refractivity contribution in [2.24, 2.45) is 10.9 Å². The highest BCUT2D eigenvalue weighted by molar-refractivity contribution is 7.94. The Morgan fingerprint density at radius 1 is 1.32 bits per heavy atom. The van der Waals surface area contributed by atoms with E-state index >= 15 is 0 Å². The molecule has 1 aromatic heterocycles. The first-order valence-electron chi connectivity index (χ1n) is 5.17. The lowest BCUT2D eigenvalue weighted by atomic mass is 10.2. The van der Waals surface area contributed by atoms with Gasteiger partial charge in [0, 0.05) is 11.3 Å². The minimum absolute atomic E-state index is 0.0860. The van der Waals surface area contributed by atoms with Crippen LogP contribution in [0.4, 0.5) is 5.69 Å². The normalized spacial score (nSPS) is 12.3. The van der Waals surface area contributed by atoms with Crippen molar-refractivity contribution < 1.29 is 13.6 Å². The smallest absolute Gasteiger partial charge is 0.271 e. The fraction of sp³-hybridized carbons (Fsp3) is 0. The Bertz CT molecular complexity index is 694. The Kier molecular flexibility index (Phi) is 3.72. The minimum Gasteiger partial charge on any atom is -0.409 e. The SMILES string of the molecule is N/C(=N/O)c1cccc(NS(=O)(=O)c2cccs2)c1. The monoisotopic (exact) mass is 297 g/mol. The van der Waals surface area contributed by atoms with Crippen LogP contribution in [0, 0.1) is 0 Å². The van der Waals surface area contributed by atoms with Gasteiger partial charge in [-0.05, 0) is 23.6 Å². The third kappa shape index (κ3) is 3.04. The van der Waals surface area contributed by atoms with Crippen molar-refractivity contribution in [3.8, 4) is 0 Å². The van der Waals surface area contributed by atoms with E-state index in [1.165, 1.54) is 12.1 Å². The summed E-state index contributed by atoms with van der Waals surface area (Å²) in [6, 6.07) is 9.46. The average molecular weight is 297 g/mol. The van der Waals surface area contributed by atoms with Crippen molar-refractivity contribution in [1.82, 2.24) is 0 Å². The van der Waals surface area contributed by atoms with Gasteiger partial charge >= 0.3 is 0 Å². The van der Waals surface area contributed by atoms with Gasteiger partial charge in [-0.15, -0.1) is 11.3 Å². The molecule has 0 spiro atoms. The van der Waals surface area contributed by atoms with Crippen LogP contribution in [0.25, 0.3) is 0 Å². The van der Waals surface area contributed by atoms with Gasteiger partial charge in [-0.3, -0.25) is 4.72 Å². The Morgan fingerprint density at radius 3 is 2.74 bits per heavy atom. The van der Waals surface area contributed by atoms with Crippen LogP contribution in [0.3, 0.4) is 0 Å². The molecule has 8 heteroatoms. The number of nitrogens with two attached hydrogens (primary N) is 1. The van der Waals surface area contributed by atoms with Crippen LogP contribution in [0.1, 0.15) is 5.56 Å². The van der Waals surface area contributed by atoms with Crippen molar-refractivity contribution in [1.29, 1.82) is 0 Å². The molecule has 4 N–H and O–H groups in total. The summed E-state index contributed by atoms with van der Waals surface area (Å²) in [5.41, 5.74) is 6.22. The van der Waals surface area contributed by atoms with Gasteiger partial charge in [-0.25, -0.2) is 8.42 Å². The molecule has 0 fully saturated rings. The summed E-state index contributed by atoms with van der Waals surface area (Å²) in [6.07, 6.45) is 0. The second-order valence-electron chi connectivity index (χ2n) is 3.60. The molecule has 0 aliphatic rings. The second-order valence-corrected chi connectivity index (χ2v) is 6.46. The molecule has 19 heavy (non-hydrogen) atoms. The van der Waals surface area contributed by atoms with E-state index < -0.39 is 10.0 Å². The number of thiophene rings is 1. The van der Waals surface area contributed by atoms with Crippen LogP contribution in [0.2, 0.25) is 0 Å². The fourth-order valence-electron chi connectivity index (χ4n) is 1.42. The first-order valence-corrected chi connectivity index (χ1v) is 7.53. The van der Waals surface area contributed by atoms with E-state index in [0.717, 1.165) is 11.3 Å². The zero-order chi connectivity index (χ0) is 13.9. The fourth-order valence-corrected chi connectivity index (χ4v) is 3.46. The molecule has 0 unspecified atom stereocenters. The van der Waals surface area contributed by atoms with E-state index in [-0.39, 0.29) is 10.0 Å². The van der Waals surface area contributed by atoms with E-state index in [2.05, 4.69) is 9.88 Å². The molecule has 100 valence electrons. The molecule has 2 aromatic rings. The first kappa shape index (κ1) is 13.4.